The molecule has 3 aliphatic rings. The van der Waals surface area contributed by atoms with E-state index in [1.54, 1.807) is 5.57 Å². The Morgan fingerprint density at radius 2 is 1.44 bits per heavy atom. The van der Waals surface area contributed by atoms with Crippen LogP contribution in [0, 0.1) is 64.7 Å². The molecule has 1 saturated carbocycles. The van der Waals surface area contributed by atoms with E-state index in [9.17, 15) is 0 Å². The molecule has 0 heterocycles. The Balaban J connectivity index is 0.000000327. The van der Waals surface area contributed by atoms with Crippen LogP contribution in [0.4, 0.5) is 0 Å². The molecule has 0 saturated heterocycles. The van der Waals surface area contributed by atoms with Gasteiger partial charge in [0.2, 0.25) is 0 Å². The van der Waals surface area contributed by atoms with Crippen molar-refractivity contribution < 1.29 is 24.2 Å². The van der Waals surface area contributed by atoms with Crippen LogP contribution in [0.25, 0.3) is 21.9 Å². The van der Waals surface area contributed by atoms with Gasteiger partial charge in [-0.1, -0.05) is 107 Å². The molecule has 3 aliphatic carbocycles. The van der Waals surface area contributed by atoms with E-state index in [1.807, 2.05) is 24.3 Å². The number of benzene rings is 4. The largest absolute Gasteiger partial charge is 0.358 e. The fourth-order valence-electron chi connectivity index (χ4n) is 6.30. The van der Waals surface area contributed by atoms with Crippen LogP contribution in [0.5, 0.6) is 0 Å². The van der Waals surface area contributed by atoms with Crippen LogP contribution in [-0.2, 0) is 30.7 Å². The first-order valence-corrected chi connectivity index (χ1v) is 17.1. The summed E-state index contributed by atoms with van der Waals surface area (Å²) < 4.78 is 3.34. The van der Waals surface area contributed by atoms with Crippen LogP contribution in [-0.4, -0.2) is 4.21 Å². The van der Waals surface area contributed by atoms with Crippen molar-refractivity contribution in [2.75, 3.05) is 0 Å². The maximum atomic E-state index is 3.54. The van der Waals surface area contributed by atoms with E-state index in [-0.39, 0.29) is 32.2 Å². The Morgan fingerprint density at radius 3 is 2.07 bits per heavy atom. The first-order valence-electron chi connectivity index (χ1n) is 15.4. The zero-order valence-electron chi connectivity index (χ0n) is 28.3. The maximum Gasteiger partial charge on any atom is -0.0648 e. The third-order valence-electron chi connectivity index (χ3n) is 9.17. The summed E-state index contributed by atoms with van der Waals surface area (Å²) in [4.78, 5) is 0. The molecular weight excluding hydrogens is 667 g/mol. The van der Waals surface area contributed by atoms with Crippen molar-refractivity contribution >= 4 is 39.8 Å². The van der Waals surface area contributed by atoms with Gasteiger partial charge in [-0.25, -0.2) is 6.08 Å². The first kappa shape index (κ1) is 41.0. The molecule has 0 amide bonds. The zero-order valence-corrected chi connectivity index (χ0v) is 32.4. The summed E-state index contributed by atoms with van der Waals surface area (Å²) in [5.41, 5.74) is 13.1. The SMILES string of the molecule is CC1[C-]=CC(C2(C)CCCCC2)=C1.Cc1[c-]c2c(cc1C)-c1cc(C)c(C)cc1C2.Cl.Cl.[CH2]=[Zr].[CH3-].[c-]1ccc2ccccc2c1. The molecule has 0 spiro atoms. The summed E-state index contributed by atoms with van der Waals surface area (Å²) in [6.45, 7) is 13.3. The van der Waals surface area contributed by atoms with E-state index in [1.165, 1.54) is 112 Å². The molecule has 1 atom stereocenters. The average Bonchev–Trinajstić information content (AvgIpc) is 3.59. The predicted molar refractivity (Wildman–Crippen MR) is 200 cm³/mol. The summed E-state index contributed by atoms with van der Waals surface area (Å²) in [5.74, 6) is 0.550. The summed E-state index contributed by atoms with van der Waals surface area (Å²) in [6.07, 6.45) is 16.1. The number of hydrogen-bond acceptors (Lipinski definition) is 0. The molecule has 3 heteroatoms. The van der Waals surface area contributed by atoms with Gasteiger partial charge in [-0.05, 0) is 37.0 Å². The minimum Gasteiger partial charge on any atom is -0.358 e. The summed E-state index contributed by atoms with van der Waals surface area (Å²) >= 11 is 1.30. The van der Waals surface area contributed by atoms with E-state index in [2.05, 4.69) is 113 Å². The van der Waals surface area contributed by atoms with Crippen LogP contribution in [0.1, 0.15) is 79.3 Å². The molecule has 4 aromatic carbocycles. The predicted octanol–water partition coefficient (Wildman–Crippen LogP) is 12.1. The van der Waals surface area contributed by atoms with Crippen molar-refractivity contribution in [2.45, 2.75) is 80.1 Å². The molecule has 0 bridgehead atoms. The summed E-state index contributed by atoms with van der Waals surface area (Å²) in [7, 11) is 0. The van der Waals surface area contributed by atoms with Gasteiger partial charge in [0.1, 0.15) is 0 Å². The molecule has 0 radical (unpaired) electrons. The first-order chi connectivity index (χ1) is 20.2. The van der Waals surface area contributed by atoms with E-state index < -0.39 is 0 Å². The molecule has 0 aromatic heterocycles. The number of fused-ring (bicyclic) bond motifs is 4. The van der Waals surface area contributed by atoms with Crippen molar-refractivity contribution in [2.24, 2.45) is 11.3 Å². The second-order valence-electron chi connectivity index (χ2n) is 12.4. The van der Waals surface area contributed by atoms with Gasteiger partial charge in [-0.15, -0.1) is 52.8 Å². The smallest absolute Gasteiger partial charge is 0.0648 e. The molecule has 0 aliphatic heterocycles. The molecule has 1 fully saturated rings. The summed E-state index contributed by atoms with van der Waals surface area (Å²) in [6, 6.07) is 27.8. The quantitative estimate of drug-likeness (QED) is 0.152. The van der Waals surface area contributed by atoms with Crippen LogP contribution in [0.15, 0.2) is 78.4 Å². The van der Waals surface area contributed by atoms with Crippen molar-refractivity contribution in [3.8, 4) is 11.1 Å². The molecule has 4 aromatic rings. The van der Waals surface area contributed by atoms with E-state index in [0.29, 0.717) is 11.3 Å². The van der Waals surface area contributed by atoms with Crippen molar-refractivity contribution in [3.05, 3.63) is 137 Å². The fraction of sp³-hybridized carbons (Fsp3) is 0.333. The topological polar surface area (TPSA) is 0 Å². The Labute approximate surface area is 302 Å². The Morgan fingerprint density at radius 1 is 0.822 bits per heavy atom. The zero-order chi connectivity index (χ0) is 30.3. The van der Waals surface area contributed by atoms with Gasteiger partial charge < -0.3 is 7.43 Å². The van der Waals surface area contributed by atoms with Gasteiger partial charge in [0.05, 0.1) is 0 Å². The number of aryl methyl sites for hydroxylation is 4. The Hall–Kier alpha value is -2.05. The molecule has 1 unspecified atom stereocenters. The molecule has 0 nitrogen and oxygen atoms in total. The monoisotopic (exact) mass is 714 g/mol. The van der Waals surface area contributed by atoms with Crippen LogP contribution < -0.4 is 0 Å². The van der Waals surface area contributed by atoms with Crippen LogP contribution in [0.3, 0.4) is 0 Å². The van der Waals surface area contributed by atoms with Gasteiger partial charge in [-0.3, -0.25) is 6.08 Å². The van der Waals surface area contributed by atoms with Gasteiger partial charge in [0, 0.05) is 0 Å². The van der Waals surface area contributed by atoms with Crippen LogP contribution >= 0.6 is 24.8 Å². The standard InChI is InChI=1S/C17H17.C13H19.C10H7.CH3.CH2.2ClH.Zr/c1-10-5-14-9-15-6-11(2)13(4)8-17(15)16(14)7-12(10)3;1-11-6-7-12(10-11)13(2)8-4-3-5-9-13;1-2-6-10-8-4-3-7-9(10)5-1;;;;;/h5,7-8H,9H2,1-4H3;7,10-11H,3-5,8-9H2,1-2H3;1-3,5-8H;1H3;1H2;2*1H;/q4*-1;;;;. The Kier molecular flexibility index (Phi) is 17.2. The molecular formula is C42H50Cl2Zr-4. The van der Waals surface area contributed by atoms with Gasteiger partial charge in [-0.2, -0.15) is 59.2 Å². The fourth-order valence-corrected chi connectivity index (χ4v) is 6.30. The number of halogens is 2. The maximum absolute atomic E-state index is 3.54. The third-order valence-corrected chi connectivity index (χ3v) is 9.17. The normalized spacial score (nSPS) is 16.2. The molecule has 7 rings (SSSR count). The van der Waals surface area contributed by atoms with Crippen LogP contribution in [0.2, 0.25) is 0 Å². The number of hydrogen-bond donors (Lipinski definition) is 0. The van der Waals surface area contributed by atoms with Crippen molar-refractivity contribution in [3.63, 3.8) is 0 Å². The van der Waals surface area contributed by atoms with Gasteiger partial charge in [0.25, 0.3) is 0 Å². The van der Waals surface area contributed by atoms with Gasteiger partial charge >= 0.3 is 28.4 Å². The Bertz CT molecular complexity index is 1470. The van der Waals surface area contributed by atoms with E-state index in [0.717, 1.165) is 6.42 Å². The molecule has 0 N–H and O–H groups in total. The van der Waals surface area contributed by atoms with Gasteiger partial charge in [0.15, 0.2) is 0 Å². The second kappa shape index (κ2) is 18.9. The van der Waals surface area contributed by atoms with Crippen molar-refractivity contribution in [1.82, 2.24) is 0 Å². The molecule has 45 heavy (non-hydrogen) atoms. The number of rotatable bonds is 1. The molecule has 240 valence electrons. The second-order valence-corrected chi connectivity index (χ2v) is 12.4. The minimum absolute atomic E-state index is 0. The van der Waals surface area contributed by atoms with E-state index in [4.69, 9.17) is 0 Å². The number of allylic oxidation sites excluding steroid dienone is 4. The average molecular weight is 717 g/mol. The van der Waals surface area contributed by atoms with Crippen molar-refractivity contribution in [1.29, 1.82) is 0 Å². The van der Waals surface area contributed by atoms with E-state index >= 15 is 0 Å². The third kappa shape index (κ3) is 10.2. The summed E-state index contributed by atoms with van der Waals surface area (Å²) in [5, 5.41) is 2.53. The minimum atomic E-state index is 0.